The molecule has 0 aliphatic heterocycles. The quantitative estimate of drug-likeness (QED) is 0.446. The van der Waals surface area contributed by atoms with Crippen molar-refractivity contribution >= 4 is 5.97 Å². The van der Waals surface area contributed by atoms with Gasteiger partial charge in [0.15, 0.2) is 0 Å². The van der Waals surface area contributed by atoms with Crippen molar-refractivity contribution in [1.82, 2.24) is 4.90 Å². The number of aliphatic hydroxyl groups excluding tert-OH is 2. The Hall–Kier alpha value is -0.910. The molecule has 0 spiro atoms. The smallest absolute Gasteiger partial charge is 0.330 e. The van der Waals surface area contributed by atoms with Gasteiger partial charge in [0.05, 0.1) is 12.2 Å². The molecule has 0 heterocycles. The van der Waals surface area contributed by atoms with Gasteiger partial charge in [-0.2, -0.15) is 0 Å². The average Bonchev–Trinajstić information content (AvgIpc) is 2.15. The molecule has 0 aromatic carbocycles. The van der Waals surface area contributed by atoms with Crippen LogP contribution < -0.4 is 0 Å². The van der Waals surface area contributed by atoms with Crippen LogP contribution >= 0.6 is 0 Å². The third kappa shape index (κ3) is 8.40. The van der Waals surface area contributed by atoms with Crippen molar-refractivity contribution in [1.29, 1.82) is 0 Å². The van der Waals surface area contributed by atoms with Gasteiger partial charge in [0, 0.05) is 25.7 Å². The lowest BCUT2D eigenvalue weighted by atomic mass is 10.3. The van der Waals surface area contributed by atoms with Crippen LogP contribution in [0.1, 0.15) is 13.8 Å². The zero-order chi connectivity index (χ0) is 12.6. The van der Waals surface area contributed by atoms with Crippen LogP contribution in [0.3, 0.4) is 0 Å². The number of aliphatic hydroxyl groups is 2. The molecular weight excluding hydrogens is 210 g/mol. The second-order valence-electron chi connectivity index (χ2n) is 3.83. The van der Waals surface area contributed by atoms with E-state index in [9.17, 15) is 15.0 Å². The summed E-state index contributed by atoms with van der Waals surface area (Å²) in [5.74, 6) is -0.464. The fourth-order valence-corrected chi connectivity index (χ4v) is 1.34. The number of ether oxygens (including phenoxy) is 1. The van der Waals surface area contributed by atoms with Gasteiger partial charge in [0.25, 0.3) is 0 Å². The predicted octanol–water partition coefficient (Wildman–Crippen LogP) is -0.221. The summed E-state index contributed by atoms with van der Waals surface area (Å²) in [5.41, 5.74) is 0. The molecule has 5 nitrogen and oxygen atoms in total. The first kappa shape index (κ1) is 15.1. The minimum atomic E-state index is -0.478. The zero-order valence-electron chi connectivity index (χ0n) is 9.93. The fourth-order valence-electron chi connectivity index (χ4n) is 1.34. The Morgan fingerprint density at radius 3 is 2.25 bits per heavy atom. The van der Waals surface area contributed by atoms with Crippen molar-refractivity contribution in [2.75, 3.05) is 26.2 Å². The molecule has 94 valence electrons. The van der Waals surface area contributed by atoms with E-state index < -0.39 is 18.2 Å². The summed E-state index contributed by atoms with van der Waals surface area (Å²) in [6, 6.07) is 0. The Morgan fingerprint density at radius 2 is 1.88 bits per heavy atom. The Kier molecular flexibility index (Phi) is 7.80. The molecule has 0 rings (SSSR count). The van der Waals surface area contributed by atoms with E-state index in [-0.39, 0.29) is 6.61 Å². The highest BCUT2D eigenvalue weighted by atomic mass is 16.5. The minimum Gasteiger partial charge on any atom is -0.461 e. The van der Waals surface area contributed by atoms with Crippen LogP contribution in [0.4, 0.5) is 0 Å². The van der Waals surface area contributed by atoms with Gasteiger partial charge in [-0.1, -0.05) is 6.58 Å². The summed E-state index contributed by atoms with van der Waals surface area (Å²) < 4.78 is 4.82. The molecule has 0 aliphatic rings. The van der Waals surface area contributed by atoms with E-state index in [0.29, 0.717) is 19.6 Å². The molecule has 0 saturated carbocycles. The number of hydrogen-bond donors (Lipinski definition) is 2. The van der Waals surface area contributed by atoms with E-state index in [1.807, 2.05) is 4.90 Å². The Bertz CT molecular complexity index is 206. The van der Waals surface area contributed by atoms with E-state index in [4.69, 9.17) is 4.74 Å². The lowest BCUT2D eigenvalue weighted by molar-refractivity contribution is -0.138. The van der Waals surface area contributed by atoms with Crippen molar-refractivity contribution in [3.63, 3.8) is 0 Å². The van der Waals surface area contributed by atoms with E-state index in [0.717, 1.165) is 6.08 Å². The Labute approximate surface area is 96.3 Å². The fraction of sp³-hybridized carbons (Fsp3) is 0.727. The maximum Gasteiger partial charge on any atom is 0.330 e. The number of hydrogen-bond acceptors (Lipinski definition) is 5. The first-order valence-corrected chi connectivity index (χ1v) is 5.33. The molecule has 2 N–H and O–H groups in total. The van der Waals surface area contributed by atoms with E-state index >= 15 is 0 Å². The molecule has 0 radical (unpaired) electrons. The third-order valence-corrected chi connectivity index (χ3v) is 1.86. The first-order valence-electron chi connectivity index (χ1n) is 5.33. The summed E-state index contributed by atoms with van der Waals surface area (Å²) in [7, 11) is 0. The van der Waals surface area contributed by atoms with Crippen LogP contribution in [0.25, 0.3) is 0 Å². The van der Waals surface area contributed by atoms with Gasteiger partial charge in [-0.05, 0) is 13.8 Å². The van der Waals surface area contributed by atoms with Crippen molar-refractivity contribution in [2.45, 2.75) is 26.1 Å². The lowest BCUT2D eigenvalue weighted by Crippen LogP contribution is -2.38. The standard InChI is InChI=1S/C11H21NO4/c1-4-11(15)16-6-5-12(7-9(2)13)8-10(3)14/h4,9-10,13-14H,1,5-8H2,2-3H3. The summed E-state index contributed by atoms with van der Waals surface area (Å²) >= 11 is 0. The number of carbonyl (C=O) groups excluding carboxylic acids is 1. The average molecular weight is 231 g/mol. The molecular formula is C11H21NO4. The second kappa shape index (κ2) is 8.27. The van der Waals surface area contributed by atoms with Crippen molar-refractivity contribution in [3.8, 4) is 0 Å². The Morgan fingerprint density at radius 1 is 1.38 bits per heavy atom. The lowest BCUT2D eigenvalue weighted by Gasteiger charge is -2.24. The van der Waals surface area contributed by atoms with Gasteiger partial charge >= 0.3 is 5.97 Å². The van der Waals surface area contributed by atoms with E-state index in [2.05, 4.69) is 6.58 Å². The number of nitrogens with zero attached hydrogens (tertiary/aromatic N) is 1. The van der Waals surface area contributed by atoms with Crippen LogP contribution in [-0.2, 0) is 9.53 Å². The summed E-state index contributed by atoms with van der Waals surface area (Å²) in [6.07, 6.45) is 0.149. The van der Waals surface area contributed by atoms with Gasteiger partial charge < -0.3 is 14.9 Å². The van der Waals surface area contributed by atoms with Crippen LogP contribution in [0.5, 0.6) is 0 Å². The van der Waals surface area contributed by atoms with Crippen LogP contribution in [0.15, 0.2) is 12.7 Å². The SMILES string of the molecule is C=CC(=O)OCCN(CC(C)O)CC(C)O. The normalized spacial score (nSPS) is 14.6. The van der Waals surface area contributed by atoms with Gasteiger partial charge in [-0.3, -0.25) is 4.90 Å². The molecule has 5 heteroatoms. The summed E-state index contributed by atoms with van der Waals surface area (Å²) in [5, 5.41) is 18.5. The molecule has 16 heavy (non-hydrogen) atoms. The van der Waals surface area contributed by atoms with Crippen LogP contribution in [0, 0.1) is 0 Å². The van der Waals surface area contributed by atoms with Crippen molar-refractivity contribution in [2.24, 2.45) is 0 Å². The minimum absolute atomic E-state index is 0.226. The highest BCUT2D eigenvalue weighted by Gasteiger charge is 2.11. The number of rotatable bonds is 8. The highest BCUT2D eigenvalue weighted by molar-refractivity contribution is 5.81. The van der Waals surface area contributed by atoms with Crippen molar-refractivity contribution in [3.05, 3.63) is 12.7 Å². The van der Waals surface area contributed by atoms with Crippen molar-refractivity contribution < 1.29 is 19.7 Å². The molecule has 0 bridgehead atoms. The molecule has 0 aliphatic carbocycles. The summed E-state index contributed by atoms with van der Waals surface area (Å²) in [4.78, 5) is 12.6. The molecule has 2 atom stereocenters. The molecule has 0 aromatic heterocycles. The zero-order valence-corrected chi connectivity index (χ0v) is 9.93. The molecule has 0 aromatic rings. The molecule has 0 amide bonds. The third-order valence-electron chi connectivity index (χ3n) is 1.86. The number of esters is 1. The van der Waals surface area contributed by atoms with Gasteiger partial charge in [0.1, 0.15) is 6.61 Å². The van der Waals surface area contributed by atoms with Gasteiger partial charge in [0.2, 0.25) is 0 Å². The van der Waals surface area contributed by atoms with E-state index in [1.54, 1.807) is 13.8 Å². The predicted molar refractivity (Wildman–Crippen MR) is 61.0 cm³/mol. The topological polar surface area (TPSA) is 70.0 Å². The van der Waals surface area contributed by atoms with Gasteiger partial charge in [-0.15, -0.1) is 0 Å². The van der Waals surface area contributed by atoms with Gasteiger partial charge in [-0.25, -0.2) is 4.79 Å². The highest BCUT2D eigenvalue weighted by Crippen LogP contribution is 1.96. The van der Waals surface area contributed by atoms with Crippen LogP contribution in [0.2, 0.25) is 0 Å². The molecule has 0 fully saturated rings. The first-order chi connectivity index (χ1) is 7.45. The maximum absolute atomic E-state index is 10.8. The second-order valence-corrected chi connectivity index (χ2v) is 3.83. The maximum atomic E-state index is 10.8. The molecule has 0 saturated heterocycles. The monoisotopic (exact) mass is 231 g/mol. The Balaban J connectivity index is 3.91. The van der Waals surface area contributed by atoms with E-state index in [1.165, 1.54) is 0 Å². The number of carbonyl (C=O) groups is 1. The van der Waals surface area contributed by atoms with Crippen LogP contribution in [-0.4, -0.2) is 59.5 Å². The summed E-state index contributed by atoms with van der Waals surface area (Å²) in [6.45, 7) is 8.22. The molecule has 2 unspecified atom stereocenters. The largest absolute Gasteiger partial charge is 0.461 e.